The Morgan fingerprint density at radius 2 is 2.05 bits per heavy atom. The predicted molar refractivity (Wildman–Crippen MR) is 79.6 cm³/mol. The Labute approximate surface area is 116 Å². The topological polar surface area (TPSA) is 38.5 Å². The highest BCUT2D eigenvalue weighted by atomic mass is 16.5. The third-order valence-electron chi connectivity index (χ3n) is 4.05. The Hall–Kier alpha value is -1.06. The molecular formula is C16H26N2O. The molecule has 0 bridgehead atoms. The smallest absolute Gasteiger partial charge is 0.119 e. The van der Waals surface area contributed by atoms with Gasteiger partial charge in [-0.3, -0.25) is 4.90 Å². The van der Waals surface area contributed by atoms with Gasteiger partial charge in [0.1, 0.15) is 11.9 Å². The highest BCUT2D eigenvalue weighted by Gasteiger charge is 2.25. The number of hydrogen-bond acceptors (Lipinski definition) is 3. The first-order valence-corrected chi connectivity index (χ1v) is 7.36. The molecule has 2 atom stereocenters. The van der Waals surface area contributed by atoms with Crippen LogP contribution in [0.25, 0.3) is 0 Å². The molecule has 2 N–H and O–H groups in total. The lowest BCUT2D eigenvalue weighted by molar-refractivity contribution is 0.0686. The fourth-order valence-corrected chi connectivity index (χ4v) is 2.89. The molecule has 3 nitrogen and oxygen atoms in total. The monoisotopic (exact) mass is 262 g/mol. The molecule has 3 heteroatoms. The summed E-state index contributed by atoms with van der Waals surface area (Å²) in [6, 6.07) is 8.88. The van der Waals surface area contributed by atoms with Gasteiger partial charge < -0.3 is 10.5 Å². The zero-order valence-corrected chi connectivity index (χ0v) is 12.1. The van der Waals surface area contributed by atoms with Gasteiger partial charge in [0.2, 0.25) is 0 Å². The van der Waals surface area contributed by atoms with E-state index in [4.69, 9.17) is 10.5 Å². The maximum Gasteiger partial charge on any atom is 0.119 e. The lowest BCUT2D eigenvalue weighted by Crippen LogP contribution is -2.45. The average Bonchev–Trinajstić information content (AvgIpc) is 2.42. The third kappa shape index (κ3) is 3.95. The standard InChI is InChI=1S/C16H26N2O/c1-13(16-5-3-4-12-18(16)2)19-15-8-6-14(7-9-15)10-11-17/h6-9,13,16H,3-5,10-12,17H2,1-2H3. The zero-order valence-electron chi connectivity index (χ0n) is 12.1. The molecule has 0 aliphatic carbocycles. The van der Waals surface area contributed by atoms with Gasteiger partial charge in [-0.15, -0.1) is 0 Å². The molecule has 1 aromatic carbocycles. The predicted octanol–water partition coefficient (Wildman–Crippen LogP) is 2.44. The second kappa shape index (κ2) is 6.92. The van der Waals surface area contributed by atoms with Gasteiger partial charge in [-0.2, -0.15) is 0 Å². The Kier molecular flexibility index (Phi) is 5.23. The number of rotatable bonds is 5. The molecule has 1 heterocycles. The highest BCUT2D eigenvalue weighted by Crippen LogP contribution is 2.22. The number of likely N-dealkylation sites (N-methyl/N-ethyl adjacent to an activating group) is 1. The molecule has 0 spiro atoms. The molecule has 0 aromatic heterocycles. The van der Waals surface area contributed by atoms with E-state index < -0.39 is 0 Å². The van der Waals surface area contributed by atoms with Crippen molar-refractivity contribution >= 4 is 0 Å². The number of likely N-dealkylation sites (tertiary alicyclic amines) is 1. The van der Waals surface area contributed by atoms with Crippen molar-refractivity contribution < 1.29 is 4.74 Å². The molecule has 1 fully saturated rings. The van der Waals surface area contributed by atoms with E-state index in [1.165, 1.54) is 31.4 Å². The first-order valence-electron chi connectivity index (χ1n) is 7.36. The van der Waals surface area contributed by atoms with E-state index in [0.717, 1.165) is 12.2 Å². The molecule has 19 heavy (non-hydrogen) atoms. The molecule has 2 rings (SSSR count). The molecule has 0 amide bonds. The van der Waals surface area contributed by atoms with Gasteiger partial charge in [0, 0.05) is 6.04 Å². The van der Waals surface area contributed by atoms with Crippen LogP contribution in [0.1, 0.15) is 31.7 Å². The van der Waals surface area contributed by atoms with Gasteiger partial charge >= 0.3 is 0 Å². The number of ether oxygens (including phenoxy) is 1. The van der Waals surface area contributed by atoms with Crippen LogP contribution in [0.5, 0.6) is 5.75 Å². The van der Waals surface area contributed by atoms with E-state index in [-0.39, 0.29) is 6.10 Å². The van der Waals surface area contributed by atoms with Crippen LogP contribution in [0.2, 0.25) is 0 Å². The maximum atomic E-state index is 6.08. The molecule has 1 saturated heterocycles. The lowest BCUT2D eigenvalue weighted by Gasteiger charge is -2.36. The Balaban J connectivity index is 1.92. The number of benzene rings is 1. The van der Waals surface area contributed by atoms with Crippen LogP contribution in [0.3, 0.4) is 0 Å². The summed E-state index contributed by atoms with van der Waals surface area (Å²) in [7, 11) is 2.20. The van der Waals surface area contributed by atoms with Gasteiger partial charge in [0.15, 0.2) is 0 Å². The Bertz CT molecular complexity index is 377. The molecule has 1 aliphatic rings. The molecule has 1 aromatic rings. The van der Waals surface area contributed by atoms with Crippen LogP contribution < -0.4 is 10.5 Å². The SMILES string of the molecule is CC(Oc1ccc(CCN)cc1)C1CCCCN1C. The molecule has 1 aliphatic heterocycles. The molecule has 0 radical (unpaired) electrons. The Morgan fingerprint density at radius 3 is 2.68 bits per heavy atom. The summed E-state index contributed by atoms with van der Waals surface area (Å²) in [5, 5.41) is 0. The summed E-state index contributed by atoms with van der Waals surface area (Å²) in [5.74, 6) is 0.965. The van der Waals surface area contributed by atoms with Gasteiger partial charge in [0.05, 0.1) is 0 Å². The van der Waals surface area contributed by atoms with Crippen LogP contribution in [-0.4, -0.2) is 37.2 Å². The van der Waals surface area contributed by atoms with Crippen LogP contribution in [0, 0.1) is 0 Å². The second-order valence-corrected chi connectivity index (χ2v) is 5.55. The number of nitrogens with two attached hydrogens (primary N) is 1. The fourth-order valence-electron chi connectivity index (χ4n) is 2.89. The van der Waals surface area contributed by atoms with Crippen LogP contribution in [0.4, 0.5) is 0 Å². The van der Waals surface area contributed by atoms with Crippen molar-refractivity contribution in [1.29, 1.82) is 0 Å². The summed E-state index contributed by atoms with van der Waals surface area (Å²) < 4.78 is 6.08. The minimum absolute atomic E-state index is 0.241. The summed E-state index contributed by atoms with van der Waals surface area (Å²) in [6.45, 7) is 4.07. The Morgan fingerprint density at radius 1 is 1.32 bits per heavy atom. The van der Waals surface area contributed by atoms with Gasteiger partial charge in [0.25, 0.3) is 0 Å². The highest BCUT2D eigenvalue weighted by molar-refractivity contribution is 5.27. The van der Waals surface area contributed by atoms with E-state index in [9.17, 15) is 0 Å². The van der Waals surface area contributed by atoms with Crippen molar-refractivity contribution in [3.8, 4) is 5.75 Å². The molecule has 0 saturated carbocycles. The van der Waals surface area contributed by atoms with Crippen LogP contribution in [-0.2, 0) is 6.42 Å². The molecule has 106 valence electrons. The number of hydrogen-bond donors (Lipinski definition) is 1. The van der Waals surface area contributed by atoms with Crippen molar-refractivity contribution in [1.82, 2.24) is 4.90 Å². The van der Waals surface area contributed by atoms with Gasteiger partial charge in [-0.1, -0.05) is 18.6 Å². The van der Waals surface area contributed by atoms with Gasteiger partial charge in [-0.25, -0.2) is 0 Å². The van der Waals surface area contributed by atoms with Crippen molar-refractivity contribution in [2.75, 3.05) is 20.1 Å². The number of piperidine rings is 1. The lowest BCUT2D eigenvalue weighted by atomic mass is 9.99. The summed E-state index contributed by atoms with van der Waals surface area (Å²) in [5.41, 5.74) is 6.83. The summed E-state index contributed by atoms with van der Waals surface area (Å²) in [4.78, 5) is 2.43. The first-order chi connectivity index (χ1) is 9.20. The quantitative estimate of drug-likeness (QED) is 0.886. The average molecular weight is 262 g/mol. The fraction of sp³-hybridized carbons (Fsp3) is 0.625. The minimum Gasteiger partial charge on any atom is -0.489 e. The van der Waals surface area contributed by atoms with Crippen molar-refractivity contribution in [3.05, 3.63) is 29.8 Å². The molecule has 2 unspecified atom stereocenters. The van der Waals surface area contributed by atoms with E-state index in [0.29, 0.717) is 12.6 Å². The van der Waals surface area contributed by atoms with Crippen molar-refractivity contribution in [3.63, 3.8) is 0 Å². The second-order valence-electron chi connectivity index (χ2n) is 5.55. The maximum absolute atomic E-state index is 6.08. The van der Waals surface area contributed by atoms with E-state index >= 15 is 0 Å². The summed E-state index contributed by atoms with van der Waals surface area (Å²) in [6.07, 6.45) is 5.04. The number of nitrogens with zero attached hydrogens (tertiary/aromatic N) is 1. The van der Waals surface area contributed by atoms with Crippen molar-refractivity contribution in [2.45, 2.75) is 44.8 Å². The summed E-state index contributed by atoms with van der Waals surface area (Å²) >= 11 is 0. The molecular weight excluding hydrogens is 236 g/mol. The van der Waals surface area contributed by atoms with E-state index in [1.54, 1.807) is 0 Å². The zero-order chi connectivity index (χ0) is 13.7. The first kappa shape index (κ1) is 14.4. The van der Waals surface area contributed by atoms with E-state index in [1.807, 2.05) is 0 Å². The van der Waals surface area contributed by atoms with Gasteiger partial charge in [-0.05, 0) is 64.0 Å². The normalized spacial score (nSPS) is 22.2. The van der Waals surface area contributed by atoms with Crippen LogP contribution >= 0.6 is 0 Å². The largest absolute Gasteiger partial charge is 0.489 e. The van der Waals surface area contributed by atoms with E-state index in [2.05, 4.69) is 43.1 Å². The van der Waals surface area contributed by atoms with Crippen LogP contribution in [0.15, 0.2) is 24.3 Å². The third-order valence-corrected chi connectivity index (χ3v) is 4.05. The minimum atomic E-state index is 0.241. The van der Waals surface area contributed by atoms with Crippen molar-refractivity contribution in [2.24, 2.45) is 5.73 Å².